The van der Waals surface area contributed by atoms with Crippen LogP contribution in [0.1, 0.15) is 15.9 Å². The Hall–Kier alpha value is -2.35. The maximum absolute atomic E-state index is 10.9. The van der Waals surface area contributed by atoms with Crippen molar-refractivity contribution in [3.05, 3.63) is 29.3 Å². The fourth-order valence-electron chi connectivity index (χ4n) is 1.49. The zero-order chi connectivity index (χ0) is 14.5. The van der Waals surface area contributed by atoms with E-state index in [2.05, 4.69) is 15.5 Å². The zero-order valence-electron chi connectivity index (χ0n) is 10.5. The Morgan fingerprint density at radius 2 is 2.35 bits per heavy atom. The highest BCUT2D eigenvalue weighted by Crippen LogP contribution is 2.19. The fourth-order valence-corrected chi connectivity index (χ4v) is 2.12. The molecule has 2 N–H and O–H groups in total. The molecule has 0 saturated carbocycles. The van der Waals surface area contributed by atoms with Gasteiger partial charge in [-0.2, -0.15) is 5.10 Å². The average Bonchev–Trinajstić information content (AvgIpc) is 2.84. The smallest absolute Gasteiger partial charge is 0.339 e. The number of thioether (sulfide) groups is 1. The highest BCUT2D eigenvalue weighted by atomic mass is 32.2. The van der Waals surface area contributed by atoms with Crippen LogP contribution < -0.4 is 10.1 Å². The van der Waals surface area contributed by atoms with Gasteiger partial charge >= 0.3 is 5.97 Å². The Balaban J connectivity index is 2.14. The first-order valence-electron chi connectivity index (χ1n) is 5.55. The monoisotopic (exact) mass is 293 g/mol. The van der Waals surface area contributed by atoms with Crippen molar-refractivity contribution in [3.63, 3.8) is 0 Å². The predicted molar refractivity (Wildman–Crippen MR) is 75.6 cm³/mol. The van der Waals surface area contributed by atoms with Gasteiger partial charge in [-0.15, -0.1) is 5.10 Å². The molecule has 0 unspecified atom stereocenters. The third-order valence-electron chi connectivity index (χ3n) is 2.40. The zero-order valence-corrected chi connectivity index (χ0v) is 11.3. The van der Waals surface area contributed by atoms with Crippen LogP contribution in [-0.4, -0.2) is 41.2 Å². The van der Waals surface area contributed by atoms with Crippen LogP contribution >= 0.6 is 11.8 Å². The van der Waals surface area contributed by atoms with Crippen LogP contribution in [-0.2, 0) is 4.79 Å². The van der Waals surface area contributed by atoms with E-state index in [1.54, 1.807) is 12.1 Å². The van der Waals surface area contributed by atoms with Crippen molar-refractivity contribution >= 4 is 35.0 Å². The fraction of sp³-hybridized carbons (Fsp3) is 0.167. The van der Waals surface area contributed by atoms with Crippen LogP contribution in [0, 0.1) is 0 Å². The number of amidine groups is 1. The van der Waals surface area contributed by atoms with Gasteiger partial charge in [0.2, 0.25) is 5.91 Å². The van der Waals surface area contributed by atoms with Crippen molar-refractivity contribution in [3.8, 4) is 5.75 Å². The topological polar surface area (TPSA) is 100 Å². The summed E-state index contributed by atoms with van der Waals surface area (Å²) in [7, 11) is 1.40. The Morgan fingerprint density at radius 1 is 1.55 bits per heavy atom. The molecular weight excluding hydrogens is 282 g/mol. The first-order valence-corrected chi connectivity index (χ1v) is 6.53. The summed E-state index contributed by atoms with van der Waals surface area (Å²) in [6, 6.07) is 4.57. The SMILES string of the molecule is COc1cc(C=NN=C2NC(=O)CS2)ccc1C(=O)O. The summed E-state index contributed by atoms with van der Waals surface area (Å²) in [5.41, 5.74) is 0.722. The number of aromatic carboxylic acids is 1. The van der Waals surface area contributed by atoms with Crippen molar-refractivity contribution < 1.29 is 19.4 Å². The van der Waals surface area contributed by atoms with Gasteiger partial charge in [-0.05, 0) is 17.7 Å². The summed E-state index contributed by atoms with van der Waals surface area (Å²) in [6.07, 6.45) is 1.45. The molecule has 20 heavy (non-hydrogen) atoms. The van der Waals surface area contributed by atoms with E-state index in [0.29, 0.717) is 16.5 Å². The molecule has 0 aliphatic carbocycles. The molecule has 1 aliphatic heterocycles. The average molecular weight is 293 g/mol. The Labute approximate surface area is 118 Å². The quantitative estimate of drug-likeness (QED) is 0.636. The van der Waals surface area contributed by atoms with E-state index in [4.69, 9.17) is 9.84 Å². The number of carbonyl (C=O) groups excluding carboxylic acids is 1. The number of carbonyl (C=O) groups is 2. The number of hydrogen-bond donors (Lipinski definition) is 2. The number of benzene rings is 1. The maximum Gasteiger partial charge on any atom is 0.339 e. The minimum absolute atomic E-state index is 0.0783. The van der Waals surface area contributed by atoms with Gasteiger partial charge in [0.15, 0.2) is 5.17 Å². The lowest BCUT2D eigenvalue weighted by molar-refractivity contribution is -0.116. The molecule has 1 heterocycles. The molecule has 1 fully saturated rings. The Bertz CT molecular complexity index is 613. The second-order valence-corrected chi connectivity index (χ2v) is 4.72. The van der Waals surface area contributed by atoms with Crippen molar-refractivity contribution in [2.24, 2.45) is 10.2 Å². The molecule has 0 bridgehead atoms. The molecule has 0 aromatic heterocycles. The number of hydrogen-bond acceptors (Lipinski definition) is 6. The van der Waals surface area contributed by atoms with Gasteiger partial charge in [-0.25, -0.2) is 4.79 Å². The van der Waals surface area contributed by atoms with Gasteiger partial charge in [-0.3, -0.25) is 4.79 Å². The molecule has 2 rings (SSSR count). The number of carboxylic acid groups (broad SMARTS) is 1. The lowest BCUT2D eigenvalue weighted by Gasteiger charge is -2.04. The van der Waals surface area contributed by atoms with Crippen LogP contribution in [0.2, 0.25) is 0 Å². The number of nitrogens with one attached hydrogen (secondary N) is 1. The van der Waals surface area contributed by atoms with Gasteiger partial charge in [0, 0.05) is 0 Å². The molecule has 8 heteroatoms. The van der Waals surface area contributed by atoms with Crippen LogP contribution in [0.25, 0.3) is 0 Å². The Morgan fingerprint density at radius 3 is 2.95 bits per heavy atom. The standard InChI is InChI=1S/C12H11N3O4S/c1-19-9-4-7(2-3-8(9)11(17)18)5-13-15-12-14-10(16)6-20-12/h2-5H,6H2,1H3,(H,17,18)(H,14,15,16). The van der Waals surface area contributed by atoms with Crippen molar-refractivity contribution in [1.82, 2.24) is 5.32 Å². The number of nitrogens with zero attached hydrogens (tertiary/aromatic N) is 2. The Kier molecular flexibility index (Phi) is 4.36. The second kappa shape index (κ2) is 6.20. The predicted octanol–water partition coefficient (Wildman–Crippen LogP) is 0.946. The van der Waals surface area contributed by atoms with Crippen LogP contribution in [0.4, 0.5) is 0 Å². The third kappa shape index (κ3) is 3.35. The molecule has 1 aliphatic rings. The molecule has 1 amide bonds. The second-order valence-electron chi connectivity index (χ2n) is 3.75. The van der Waals surface area contributed by atoms with Crippen LogP contribution in [0.5, 0.6) is 5.75 Å². The molecule has 0 atom stereocenters. The molecule has 0 radical (unpaired) electrons. The summed E-state index contributed by atoms with van der Waals surface area (Å²) in [4.78, 5) is 21.9. The third-order valence-corrected chi connectivity index (χ3v) is 3.26. The molecule has 1 saturated heterocycles. The van der Waals surface area contributed by atoms with Gasteiger partial charge in [0.05, 0.1) is 19.1 Å². The first kappa shape index (κ1) is 14.1. The van der Waals surface area contributed by atoms with Crippen molar-refractivity contribution in [1.29, 1.82) is 0 Å². The van der Waals surface area contributed by atoms with E-state index in [1.165, 1.54) is 31.2 Å². The highest BCUT2D eigenvalue weighted by molar-refractivity contribution is 8.15. The number of carboxylic acids is 1. The minimum atomic E-state index is -1.06. The lowest BCUT2D eigenvalue weighted by Crippen LogP contribution is -2.19. The molecule has 1 aromatic carbocycles. The van der Waals surface area contributed by atoms with Gasteiger partial charge in [0.1, 0.15) is 11.3 Å². The molecular formula is C12H11N3O4S. The normalized spacial score (nSPS) is 16.6. The summed E-state index contributed by atoms with van der Waals surface area (Å²) in [5.74, 6) is -0.570. The maximum atomic E-state index is 10.9. The van der Waals surface area contributed by atoms with E-state index < -0.39 is 5.97 Å². The van der Waals surface area contributed by atoms with Gasteiger partial charge in [-0.1, -0.05) is 17.8 Å². The summed E-state index contributed by atoms with van der Waals surface area (Å²) >= 11 is 1.27. The first-order chi connectivity index (χ1) is 9.60. The lowest BCUT2D eigenvalue weighted by atomic mass is 10.1. The van der Waals surface area contributed by atoms with E-state index in [1.807, 2.05) is 0 Å². The number of methoxy groups -OCH3 is 1. The van der Waals surface area contributed by atoms with Crippen molar-refractivity contribution in [2.45, 2.75) is 0 Å². The number of ether oxygens (including phenoxy) is 1. The van der Waals surface area contributed by atoms with Crippen molar-refractivity contribution in [2.75, 3.05) is 12.9 Å². The largest absolute Gasteiger partial charge is 0.496 e. The minimum Gasteiger partial charge on any atom is -0.496 e. The van der Waals surface area contributed by atoms with Crippen LogP contribution in [0.15, 0.2) is 28.4 Å². The van der Waals surface area contributed by atoms with Gasteiger partial charge in [0.25, 0.3) is 0 Å². The van der Waals surface area contributed by atoms with E-state index in [0.717, 1.165) is 0 Å². The van der Waals surface area contributed by atoms with Gasteiger partial charge < -0.3 is 15.2 Å². The molecule has 1 aromatic rings. The highest BCUT2D eigenvalue weighted by Gasteiger charge is 2.16. The number of rotatable bonds is 4. The molecule has 7 nitrogen and oxygen atoms in total. The summed E-state index contributed by atoms with van der Waals surface area (Å²) in [6.45, 7) is 0. The van der Waals surface area contributed by atoms with E-state index in [-0.39, 0.29) is 17.2 Å². The number of amides is 1. The van der Waals surface area contributed by atoms with E-state index >= 15 is 0 Å². The van der Waals surface area contributed by atoms with Crippen LogP contribution in [0.3, 0.4) is 0 Å². The summed E-state index contributed by atoms with van der Waals surface area (Å²) in [5, 5.41) is 19.6. The summed E-state index contributed by atoms with van der Waals surface area (Å²) < 4.78 is 5.00. The molecule has 0 spiro atoms. The van der Waals surface area contributed by atoms with E-state index in [9.17, 15) is 9.59 Å². The molecule has 104 valence electrons.